The largest absolute Gasteiger partial charge is 0.508 e. The van der Waals surface area contributed by atoms with Gasteiger partial charge in [-0.1, -0.05) is 38.4 Å². The lowest BCUT2D eigenvalue weighted by Gasteiger charge is -2.19. The molecule has 1 aromatic carbocycles. The first-order chi connectivity index (χ1) is 8.84. The van der Waals surface area contributed by atoms with Crippen molar-refractivity contribution in [1.29, 1.82) is 0 Å². The second-order valence-electron chi connectivity index (χ2n) is 5.37. The fraction of sp³-hybridized carbons (Fsp3) is 0.267. The summed E-state index contributed by atoms with van der Waals surface area (Å²) < 4.78 is 5.62. The number of hydrogen-bond donors (Lipinski definition) is 1. The van der Waals surface area contributed by atoms with E-state index in [0.717, 1.165) is 5.56 Å². The summed E-state index contributed by atoms with van der Waals surface area (Å²) in [5.41, 5.74) is 1.01. The number of rotatable bonds is 2. The summed E-state index contributed by atoms with van der Waals surface area (Å²) in [6.07, 6.45) is 0. The summed E-state index contributed by atoms with van der Waals surface area (Å²) in [5, 5.41) is 9.79. The fourth-order valence-electron chi connectivity index (χ4n) is 1.63. The Morgan fingerprint density at radius 1 is 1.16 bits per heavy atom. The van der Waals surface area contributed by atoms with Crippen LogP contribution in [0.5, 0.6) is 17.4 Å². The predicted molar refractivity (Wildman–Crippen MR) is 76.1 cm³/mol. The van der Waals surface area contributed by atoms with Crippen LogP contribution >= 0.6 is 11.6 Å². The van der Waals surface area contributed by atoms with Gasteiger partial charge in [-0.2, -0.15) is 0 Å². The van der Waals surface area contributed by atoms with Crippen molar-refractivity contribution in [2.24, 2.45) is 0 Å². The summed E-state index contributed by atoms with van der Waals surface area (Å²) in [6.45, 7) is 6.28. The maximum absolute atomic E-state index is 9.40. The molecule has 0 atom stereocenters. The van der Waals surface area contributed by atoms with E-state index in [1.54, 1.807) is 18.2 Å². The molecule has 4 heteroatoms. The van der Waals surface area contributed by atoms with Gasteiger partial charge in [0.25, 0.3) is 0 Å². The van der Waals surface area contributed by atoms with Crippen molar-refractivity contribution in [3.63, 3.8) is 0 Å². The molecule has 100 valence electrons. The number of phenolic OH excluding ortho intramolecular Hbond substituents is 1. The zero-order chi connectivity index (χ0) is 14.0. The van der Waals surface area contributed by atoms with Crippen molar-refractivity contribution in [2.45, 2.75) is 26.2 Å². The van der Waals surface area contributed by atoms with Gasteiger partial charge in [0.1, 0.15) is 16.7 Å². The number of nitrogens with zero attached hydrogens (tertiary/aromatic N) is 1. The molecule has 0 saturated heterocycles. The third kappa shape index (κ3) is 3.61. The molecule has 19 heavy (non-hydrogen) atoms. The molecule has 1 heterocycles. The number of aromatic hydroxyl groups is 1. The molecular formula is C15H16ClNO2. The van der Waals surface area contributed by atoms with Crippen LogP contribution in [0.3, 0.4) is 0 Å². The van der Waals surface area contributed by atoms with Crippen LogP contribution in [0.2, 0.25) is 5.15 Å². The minimum Gasteiger partial charge on any atom is -0.508 e. The highest BCUT2D eigenvalue weighted by Gasteiger charge is 2.16. The Labute approximate surface area is 117 Å². The second-order valence-corrected chi connectivity index (χ2v) is 5.75. The molecule has 0 aliphatic rings. The molecule has 2 aromatic rings. The fourth-order valence-corrected chi connectivity index (χ4v) is 1.83. The molecule has 1 aromatic heterocycles. The molecule has 0 aliphatic heterocycles. The van der Waals surface area contributed by atoms with E-state index >= 15 is 0 Å². The monoisotopic (exact) mass is 277 g/mol. The molecule has 3 nitrogen and oxygen atoms in total. The normalized spacial score (nSPS) is 11.4. The Morgan fingerprint density at radius 3 is 2.53 bits per heavy atom. The topological polar surface area (TPSA) is 42.4 Å². The highest BCUT2D eigenvalue weighted by molar-refractivity contribution is 6.29. The van der Waals surface area contributed by atoms with Gasteiger partial charge >= 0.3 is 0 Å². The molecule has 0 amide bonds. The third-order valence-electron chi connectivity index (χ3n) is 2.68. The van der Waals surface area contributed by atoms with E-state index in [1.807, 2.05) is 12.1 Å². The number of pyridine rings is 1. The highest BCUT2D eigenvalue weighted by atomic mass is 35.5. The molecule has 0 spiro atoms. The lowest BCUT2D eigenvalue weighted by atomic mass is 9.88. The van der Waals surface area contributed by atoms with Crippen molar-refractivity contribution in [2.75, 3.05) is 0 Å². The number of benzene rings is 1. The molecule has 0 radical (unpaired) electrons. The van der Waals surface area contributed by atoms with Gasteiger partial charge < -0.3 is 9.84 Å². The molecule has 0 aliphatic carbocycles. The van der Waals surface area contributed by atoms with Crippen molar-refractivity contribution in [3.05, 3.63) is 47.1 Å². The Bertz CT molecular complexity index is 591. The Morgan fingerprint density at radius 2 is 1.89 bits per heavy atom. The van der Waals surface area contributed by atoms with Gasteiger partial charge in [-0.15, -0.1) is 0 Å². The molecule has 0 fully saturated rings. The van der Waals surface area contributed by atoms with Gasteiger partial charge in [-0.3, -0.25) is 0 Å². The lowest BCUT2D eigenvalue weighted by Crippen LogP contribution is -2.11. The SMILES string of the molecule is CC(C)(C)c1cc(Cl)nc(Oc2cccc(O)c2)c1. The number of hydrogen-bond acceptors (Lipinski definition) is 3. The lowest BCUT2D eigenvalue weighted by molar-refractivity contribution is 0.443. The van der Waals surface area contributed by atoms with Crippen LogP contribution < -0.4 is 4.74 Å². The van der Waals surface area contributed by atoms with Crippen LogP contribution in [0.25, 0.3) is 0 Å². The molecule has 2 rings (SSSR count). The average molecular weight is 278 g/mol. The van der Waals surface area contributed by atoms with Gasteiger partial charge in [0.15, 0.2) is 0 Å². The maximum Gasteiger partial charge on any atom is 0.220 e. The summed E-state index contributed by atoms with van der Waals surface area (Å²) in [6, 6.07) is 10.3. The van der Waals surface area contributed by atoms with Crippen molar-refractivity contribution >= 4 is 11.6 Å². The van der Waals surface area contributed by atoms with Crippen LogP contribution in [-0.2, 0) is 5.41 Å². The maximum atomic E-state index is 9.40. The van der Waals surface area contributed by atoms with Gasteiger partial charge in [0.05, 0.1) is 0 Å². The van der Waals surface area contributed by atoms with Crippen molar-refractivity contribution in [3.8, 4) is 17.4 Å². The molecule has 0 unspecified atom stereocenters. The van der Waals surface area contributed by atoms with E-state index in [9.17, 15) is 5.11 Å². The zero-order valence-electron chi connectivity index (χ0n) is 11.1. The highest BCUT2D eigenvalue weighted by Crippen LogP contribution is 2.30. The Kier molecular flexibility index (Phi) is 3.67. The molecule has 1 N–H and O–H groups in total. The van der Waals surface area contributed by atoms with E-state index in [1.165, 1.54) is 6.07 Å². The number of ether oxygens (including phenoxy) is 1. The van der Waals surface area contributed by atoms with E-state index in [4.69, 9.17) is 16.3 Å². The van der Waals surface area contributed by atoms with E-state index in [2.05, 4.69) is 25.8 Å². The average Bonchev–Trinajstić information content (AvgIpc) is 2.26. The Hall–Kier alpha value is -1.74. The van der Waals surface area contributed by atoms with Crippen LogP contribution in [0.4, 0.5) is 0 Å². The molecular weight excluding hydrogens is 262 g/mol. The summed E-state index contributed by atoms with van der Waals surface area (Å²) >= 11 is 6.01. The predicted octanol–water partition coefficient (Wildman–Crippen LogP) is 4.53. The standard InChI is InChI=1S/C15H16ClNO2/c1-15(2,3)10-7-13(16)17-14(8-10)19-12-6-4-5-11(18)9-12/h4-9,18H,1-3H3. The van der Waals surface area contributed by atoms with Crippen LogP contribution in [0.15, 0.2) is 36.4 Å². The first-order valence-corrected chi connectivity index (χ1v) is 6.37. The number of aromatic nitrogens is 1. The minimum absolute atomic E-state index is 0.0382. The third-order valence-corrected chi connectivity index (χ3v) is 2.87. The summed E-state index contributed by atoms with van der Waals surface area (Å²) in [5.74, 6) is 1.09. The van der Waals surface area contributed by atoms with Gasteiger partial charge in [-0.05, 0) is 29.2 Å². The van der Waals surface area contributed by atoms with Crippen molar-refractivity contribution < 1.29 is 9.84 Å². The van der Waals surface area contributed by atoms with E-state index < -0.39 is 0 Å². The van der Waals surface area contributed by atoms with Crippen LogP contribution in [0, 0.1) is 0 Å². The van der Waals surface area contributed by atoms with Crippen LogP contribution in [0.1, 0.15) is 26.3 Å². The first-order valence-electron chi connectivity index (χ1n) is 5.99. The Balaban J connectivity index is 2.33. The van der Waals surface area contributed by atoms with E-state index in [-0.39, 0.29) is 11.2 Å². The summed E-state index contributed by atoms with van der Waals surface area (Å²) in [7, 11) is 0. The number of phenols is 1. The summed E-state index contributed by atoms with van der Waals surface area (Å²) in [4.78, 5) is 4.13. The van der Waals surface area contributed by atoms with Gasteiger partial charge in [-0.25, -0.2) is 4.98 Å². The molecule has 0 bridgehead atoms. The smallest absolute Gasteiger partial charge is 0.220 e. The van der Waals surface area contributed by atoms with Crippen LogP contribution in [-0.4, -0.2) is 10.1 Å². The zero-order valence-corrected chi connectivity index (χ0v) is 11.9. The van der Waals surface area contributed by atoms with E-state index in [0.29, 0.717) is 16.8 Å². The van der Waals surface area contributed by atoms with Crippen molar-refractivity contribution in [1.82, 2.24) is 4.98 Å². The minimum atomic E-state index is -0.0382. The van der Waals surface area contributed by atoms with Gasteiger partial charge in [0, 0.05) is 12.1 Å². The number of halogens is 1. The molecule has 0 saturated carbocycles. The quantitative estimate of drug-likeness (QED) is 0.820. The second kappa shape index (κ2) is 5.10. The first kappa shape index (κ1) is 13.7. The van der Waals surface area contributed by atoms with Gasteiger partial charge in [0.2, 0.25) is 5.88 Å².